The fraction of sp³-hybridized carbons (Fsp3) is 0.824. The zero-order chi connectivity index (χ0) is 18.1. The Morgan fingerprint density at radius 2 is 1.74 bits per heavy atom. The van der Waals surface area contributed by atoms with Gasteiger partial charge >= 0.3 is 0 Å². The van der Waals surface area contributed by atoms with Gasteiger partial charge in [-0.25, -0.2) is 0 Å². The lowest BCUT2D eigenvalue weighted by Gasteiger charge is -2.21. The van der Waals surface area contributed by atoms with Crippen molar-refractivity contribution in [1.82, 2.24) is 0 Å². The number of aliphatic hydroxyl groups is 1. The third-order valence-corrected chi connectivity index (χ3v) is 6.36. The highest BCUT2D eigenvalue weighted by molar-refractivity contribution is 6.81. The van der Waals surface area contributed by atoms with Crippen molar-refractivity contribution in [2.75, 3.05) is 26.6 Å². The van der Waals surface area contributed by atoms with Gasteiger partial charge in [-0.3, -0.25) is 4.79 Å². The van der Waals surface area contributed by atoms with E-state index in [1.54, 1.807) is 0 Å². The van der Waals surface area contributed by atoms with Crippen LogP contribution in [0.25, 0.3) is 0 Å². The highest BCUT2D eigenvalue weighted by Gasteiger charge is 2.23. The van der Waals surface area contributed by atoms with Crippen LogP contribution in [-0.4, -0.2) is 53.7 Å². The van der Waals surface area contributed by atoms with E-state index in [0.717, 1.165) is 18.2 Å². The highest BCUT2D eigenvalue weighted by atomic mass is 28.3. The first-order valence-corrected chi connectivity index (χ1v) is 15.8. The third kappa shape index (κ3) is 11.8. The predicted octanol–water partition coefficient (Wildman–Crippen LogP) is 3.71. The van der Waals surface area contributed by atoms with Crippen molar-refractivity contribution in [2.24, 2.45) is 5.92 Å². The molecule has 0 aliphatic heterocycles. The summed E-state index contributed by atoms with van der Waals surface area (Å²) in [5, 5.41) is 9.60. The first-order valence-electron chi connectivity index (χ1n) is 8.51. The Morgan fingerprint density at radius 1 is 1.13 bits per heavy atom. The summed E-state index contributed by atoms with van der Waals surface area (Å²) in [4.78, 5) is 12.0. The summed E-state index contributed by atoms with van der Waals surface area (Å²) in [6.07, 6.45) is 0.432. The van der Waals surface area contributed by atoms with E-state index in [2.05, 4.69) is 45.0 Å². The van der Waals surface area contributed by atoms with E-state index in [4.69, 9.17) is 9.47 Å². The SMILES string of the molecule is CCC(=O)[C@@H](CO)/C(=C/[Si](C)(C)C)COCOCC[Si](C)(C)C. The normalized spacial score (nSPS) is 14.9. The van der Waals surface area contributed by atoms with Crippen LogP contribution in [0.5, 0.6) is 0 Å². The Balaban J connectivity index is 4.56. The van der Waals surface area contributed by atoms with Gasteiger partial charge in [0.05, 0.1) is 27.2 Å². The minimum atomic E-state index is -1.50. The molecule has 136 valence electrons. The van der Waals surface area contributed by atoms with Crippen molar-refractivity contribution in [3.63, 3.8) is 0 Å². The Morgan fingerprint density at radius 3 is 2.17 bits per heavy atom. The molecule has 0 aromatic heterocycles. The number of Topliss-reactive ketones (excluding diaryl/α,β-unsaturated/α-hetero) is 1. The highest BCUT2D eigenvalue weighted by Crippen LogP contribution is 2.18. The number of carbonyl (C=O) groups excluding carboxylic acids is 1. The number of rotatable bonds is 12. The second kappa shape index (κ2) is 10.6. The second-order valence-corrected chi connectivity index (χ2v) is 19.0. The molecule has 0 heterocycles. The zero-order valence-corrected chi connectivity index (χ0v) is 18.1. The van der Waals surface area contributed by atoms with Crippen LogP contribution in [0.15, 0.2) is 11.3 Å². The maximum absolute atomic E-state index is 12.0. The molecule has 0 aromatic rings. The van der Waals surface area contributed by atoms with Crippen LogP contribution in [0.3, 0.4) is 0 Å². The van der Waals surface area contributed by atoms with Gasteiger partial charge in [0, 0.05) is 21.1 Å². The molecule has 0 radical (unpaired) electrons. The second-order valence-electron chi connectivity index (χ2n) is 8.33. The third-order valence-electron chi connectivity index (χ3n) is 3.42. The topological polar surface area (TPSA) is 55.8 Å². The molecule has 0 amide bonds. The largest absolute Gasteiger partial charge is 0.395 e. The summed E-state index contributed by atoms with van der Waals surface area (Å²) in [5.74, 6) is -0.367. The molecule has 0 saturated heterocycles. The van der Waals surface area contributed by atoms with Crippen LogP contribution < -0.4 is 0 Å². The molecule has 0 bridgehead atoms. The van der Waals surface area contributed by atoms with E-state index < -0.39 is 22.1 Å². The van der Waals surface area contributed by atoms with Gasteiger partial charge in [-0.1, -0.05) is 51.9 Å². The molecule has 1 atom stereocenters. The summed E-state index contributed by atoms with van der Waals surface area (Å²) in [5.41, 5.74) is 3.08. The van der Waals surface area contributed by atoms with Crippen molar-refractivity contribution >= 4 is 21.9 Å². The van der Waals surface area contributed by atoms with E-state index in [-0.39, 0.29) is 19.2 Å². The molecule has 0 aliphatic carbocycles. The maximum Gasteiger partial charge on any atom is 0.147 e. The van der Waals surface area contributed by atoms with Gasteiger partial charge in [-0.05, 0) is 11.6 Å². The quantitative estimate of drug-likeness (QED) is 0.327. The van der Waals surface area contributed by atoms with E-state index in [0.29, 0.717) is 13.0 Å². The van der Waals surface area contributed by atoms with Crippen LogP contribution in [-0.2, 0) is 14.3 Å². The average molecular weight is 361 g/mol. The van der Waals surface area contributed by atoms with Gasteiger partial charge in [0.15, 0.2) is 0 Å². The molecular formula is C17H36O4Si2. The van der Waals surface area contributed by atoms with Crippen molar-refractivity contribution in [1.29, 1.82) is 0 Å². The molecule has 0 spiro atoms. The molecule has 0 aromatic carbocycles. The molecule has 23 heavy (non-hydrogen) atoms. The molecular weight excluding hydrogens is 324 g/mol. The van der Waals surface area contributed by atoms with E-state index >= 15 is 0 Å². The number of ketones is 1. The van der Waals surface area contributed by atoms with Crippen molar-refractivity contribution in [2.45, 2.75) is 58.7 Å². The number of carbonyl (C=O) groups is 1. The monoisotopic (exact) mass is 360 g/mol. The average Bonchev–Trinajstić information content (AvgIpc) is 2.39. The summed E-state index contributed by atoms with van der Waals surface area (Å²) in [6, 6.07) is 1.11. The lowest BCUT2D eigenvalue weighted by Crippen LogP contribution is -2.27. The maximum atomic E-state index is 12.0. The number of ether oxygens (including phenoxy) is 2. The van der Waals surface area contributed by atoms with Gasteiger partial charge in [0.25, 0.3) is 0 Å². The molecule has 0 saturated carbocycles. The van der Waals surface area contributed by atoms with Crippen LogP contribution >= 0.6 is 0 Å². The van der Waals surface area contributed by atoms with E-state index in [9.17, 15) is 9.90 Å². The van der Waals surface area contributed by atoms with Crippen LogP contribution in [0.2, 0.25) is 45.3 Å². The van der Waals surface area contributed by atoms with Gasteiger partial charge in [-0.15, -0.1) is 0 Å². The molecule has 0 fully saturated rings. The molecule has 0 unspecified atom stereocenters. The Labute approximate surface area is 144 Å². The smallest absolute Gasteiger partial charge is 0.147 e. The van der Waals surface area contributed by atoms with Gasteiger partial charge < -0.3 is 14.6 Å². The molecule has 4 nitrogen and oxygen atoms in total. The molecule has 0 rings (SSSR count). The van der Waals surface area contributed by atoms with Gasteiger partial charge in [-0.2, -0.15) is 0 Å². The minimum absolute atomic E-state index is 0.0697. The van der Waals surface area contributed by atoms with Gasteiger partial charge in [0.2, 0.25) is 0 Å². The van der Waals surface area contributed by atoms with E-state index in [1.807, 2.05) is 6.92 Å². The summed E-state index contributed by atoms with van der Waals surface area (Å²) < 4.78 is 11.2. The Kier molecular flexibility index (Phi) is 10.4. The van der Waals surface area contributed by atoms with Crippen LogP contribution in [0.1, 0.15) is 13.3 Å². The van der Waals surface area contributed by atoms with Crippen molar-refractivity contribution in [3.8, 4) is 0 Å². The lowest BCUT2D eigenvalue weighted by atomic mass is 9.95. The number of aliphatic hydroxyl groups excluding tert-OH is 1. The fourth-order valence-electron chi connectivity index (χ4n) is 2.13. The standard InChI is InChI=1S/C17H36O4Si2/c1-8-17(19)16(11-18)15(13-23(5,6)7)12-21-14-20-9-10-22(2,3)4/h13,16,18H,8-12,14H2,1-7H3/b15-13+/t16-/m0/s1. The van der Waals surface area contributed by atoms with E-state index in [1.165, 1.54) is 0 Å². The number of hydrogen-bond donors (Lipinski definition) is 1. The van der Waals surface area contributed by atoms with Crippen LogP contribution in [0, 0.1) is 5.92 Å². The van der Waals surface area contributed by atoms with Crippen molar-refractivity contribution in [3.05, 3.63) is 11.3 Å². The summed E-state index contributed by atoms with van der Waals surface area (Å²) in [7, 11) is -2.58. The fourth-order valence-corrected chi connectivity index (χ4v) is 4.28. The molecule has 6 heteroatoms. The first-order chi connectivity index (χ1) is 10.5. The van der Waals surface area contributed by atoms with Crippen molar-refractivity contribution < 1.29 is 19.4 Å². The van der Waals surface area contributed by atoms with Gasteiger partial charge in [0.1, 0.15) is 12.6 Å². The zero-order valence-electron chi connectivity index (χ0n) is 16.1. The summed E-state index contributed by atoms with van der Waals surface area (Å²) in [6.45, 7) is 16.6. The molecule has 1 N–H and O–H groups in total. The Hall–Kier alpha value is -0.276. The first kappa shape index (κ1) is 22.7. The minimum Gasteiger partial charge on any atom is -0.395 e. The lowest BCUT2D eigenvalue weighted by molar-refractivity contribution is -0.123. The molecule has 0 aliphatic rings. The summed E-state index contributed by atoms with van der Waals surface area (Å²) >= 11 is 0. The van der Waals surface area contributed by atoms with Crippen LogP contribution in [0.4, 0.5) is 0 Å². The number of hydrogen-bond acceptors (Lipinski definition) is 4. The predicted molar refractivity (Wildman–Crippen MR) is 102 cm³/mol. The Bertz CT molecular complexity index is 381.